The van der Waals surface area contributed by atoms with Crippen molar-refractivity contribution in [3.63, 3.8) is 0 Å². The summed E-state index contributed by atoms with van der Waals surface area (Å²) in [6.45, 7) is -7.83. The van der Waals surface area contributed by atoms with E-state index in [9.17, 15) is 143 Å². The quantitative estimate of drug-likeness (QED) is 0.0427. The predicted octanol–water partition coefficient (Wildman–Crippen LogP) is -18.3. The van der Waals surface area contributed by atoms with E-state index in [-0.39, 0.29) is 0 Å². The van der Waals surface area contributed by atoms with Crippen LogP contribution in [0.5, 0.6) is 0 Å². The van der Waals surface area contributed by atoms with Gasteiger partial charge in [-0.25, -0.2) is 4.79 Å². The molecule has 0 aromatic rings. The molecule has 0 aromatic carbocycles. The van der Waals surface area contributed by atoms with Gasteiger partial charge in [0, 0.05) is 6.42 Å². The average molecular weight is 1300 g/mol. The molecule has 0 bridgehead atoms. The Bertz CT molecular complexity index is 2140. The second-order valence-electron chi connectivity index (χ2n) is 22.1. The fraction of sp³-hybridized carbons (Fsp3) is 0.979. The van der Waals surface area contributed by atoms with Gasteiger partial charge in [0.1, 0.15) is 183 Å². The highest BCUT2D eigenvalue weighted by molar-refractivity contribution is 5.75. The maximum atomic E-state index is 12.2. The van der Waals surface area contributed by atoms with Gasteiger partial charge in [-0.05, 0) is 0 Å². The Morgan fingerprint density at radius 2 is 0.739 bits per heavy atom. The van der Waals surface area contributed by atoms with Gasteiger partial charge in [-0.1, -0.05) is 0 Å². The van der Waals surface area contributed by atoms with Crippen LogP contribution in [0, 0.1) is 0 Å². The fourth-order valence-corrected chi connectivity index (χ4v) is 10.9. The smallest absolute Gasteiger partial charge is 0.364 e. The number of hydrogen-bond donors (Lipinski definition) is 27. The molecule has 7 fully saturated rings. The SMILES string of the molecule is O=C(O)[C@@]1(O)C[C@@H](O)[C@@H](O[C@H]2O[C@H]([C@@H](O)CO)[C@@H](O)[C@H](O[C@H]3O[C@H]([C@@H](O)CO[C@H]4O[C@H]([C@@H](O)CO)[C@@H](O)[C@H](O)[C@@H]4O)[C@@H](O)[C@H](O[C@H]4O[C@H](CO[C@H]5O[C@H](CO)[C@H](O)[C@H](O)[C@H]5O)[C@@H](O)[C@H](O[C@H]5O[C@H](CO)[C@H](O)[C@H](O)[C@H]5O)[C@H]4O)[C@@H]3O)[C@@H]2O)[C@@H]([C@H](O)CO)O1. The van der Waals surface area contributed by atoms with Gasteiger partial charge in [0.25, 0.3) is 5.79 Å². The Kier molecular flexibility index (Phi) is 25.8. The standard InChI is InChI=1S/C47H80O41/c48-2-10(54)32-23(64)22(63)25(66)41(81-32)76-7-13(57)34-28(69)39(31(72)45(83-34)87-38-27(68)33(11(55)3-49)82-44(30(38)71)84-35-9(53)1-47(75,46(73)74)88-36(35)12(56)4-50)86-43-29(70)37(85-42-26(67)21(62)18(59)15(6-52)79-42)19(60)16(80-43)8-77-40-24(65)20(61)17(58)14(5-51)78-40/h9-45,48-72,75H,1-8H2,(H,73,74)/t9-,10+,11+,12-,13+,14-,15-,16-,17+,18+,19-,20+,21+,22+,23+,24-,25+,26-,27-,28-,29-,30+,31+,32-,33-,34-,35-,36-,37+,38+,39+,40+,41+,42-,43-,44-,45-,47-/m1/s1. The second-order valence-corrected chi connectivity index (χ2v) is 22.1. The second kappa shape index (κ2) is 31.0. The zero-order valence-electron chi connectivity index (χ0n) is 45.8. The molecule has 0 spiro atoms. The summed E-state index contributed by atoms with van der Waals surface area (Å²) in [5.41, 5.74) is 0. The number of ether oxygens (including phenoxy) is 13. The Morgan fingerprint density at radius 3 is 1.20 bits per heavy atom. The first-order valence-corrected chi connectivity index (χ1v) is 27.5. The molecule has 38 atom stereocenters. The van der Waals surface area contributed by atoms with Crippen molar-refractivity contribution in [1.82, 2.24) is 0 Å². The van der Waals surface area contributed by atoms with Crippen LogP contribution in [0.3, 0.4) is 0 Å². The van der Waals surface area contributed by atoms with Gasteiger partial charge >= 0.3 is 5.97 Å². The van der Waals surface area contributed by atoms with Crippen LogP contribution in [0.2, 0.25) is 0 Å². The Morgan fingerprint density at radius 1 is 0.386 bits per heavy atom. The van der Waals surface area contributed by atoms with Crippen molar-refractivity contribution in [1.29, 1.82) is 0 Å². The van der Waals surface area contributed by atoms with Crippen LogP contribution >= 0.6 is 0 Å². The van der Waals surface area contributed by atoms with E-state index in [1.54, 1.807) is 0 Å². The Balaban J connectivity index is 1.23. The van der Waals surface area contributed by atoms with Crippen LogP contribution in [0.15, 0.2) is 0 Å². The van der Waals surface area contributed by atoms with Crippen molar-refractivity contribution in [2.45, 2.75) is 239 Å². The predicted molar refractivity (Wildman–Crippen MR) is 261 cm³/mol. The molecule has 41 nitrogen and oxygen atoms in total. The maximum Gasteiger partial charge on any atom is 0.364 e. The highest BCUT2D eigenvalue weighted by atomic mass is 16.8. The van der Waals surface area contributed by atoms with Crippen LogP contribution in [-0.4, -0.2) is 423 Å². The third-order valence-electron chi connectivity index (χ3n) is 16.1. The zero-order valence-corrected chi connectivity index (χ0v) is 45.8. The normalized spacial score (nSPS) is 50.2. The van der Waals surface area contributed by atoms with Crippen molar-refractivity contribution in [2.24, 2.45) is 0 Å². The molecule has 7 heterocycles. The zero-order chi connectivity index (χ0) is 65.3. The number of aliphatic hydroxyl groups excluding tert-OH is 25. The number of rotatable bonds is 24. The largest absolute Gasteiger partial charge is 0.477 e. The summed E-state index contributed by atoms with van der Waals surface area (Å²) in [4.78, 5) is 11.9. The minimum atomic E-state index is -3.23. The lowest BCUT2D eigenvalue weighted by molar-refractivity contribution is -0.401. The van der Waals surface area contributed by atoms with Gasteiger partial charge in [0.2, 0.25) is 0 Å². The fourth-order valence-electron chi connectivity index (χ4n) is 10.9. The number of carboxylic acids is 1. The molecule has 514 valence electrons. The van der Waals surface area contributed by atoms with E-state index >= 15 is 0 Å². The van der Waals surface area contributed by atoms with Crippen molar-refractivity contribution < 1.29 is 204 Å². The van der Waals surface area contributed by atoms with Gasteiger partial charge in [0.15, 0.2) is 37.7 Å². The number of carbonyl (C=O) groups is 1. The van der Waals surface area contributed by atoms with E-state index in [0.717, 1.165) is 0 Å². The Labute approximate surface area is 495 Å². The summed E-state index contributed by atoms with van der Waals surface area (Å²) in [6, 6.07) is 0. The van der Waals surface area contributed by atoms with Crippen molar-refractivity contribution in [2.75, 3.05) is 46.2 Å². The van der Waals surface area contributed by atoms with E-state index in [1.165, 1.54) is 0 Å². The Hall–Kier alpha value is -2.09. The summed E-state index contributed by atoms with van der Waals surface area (Å²) < 4.78 is 72.6. The molecule has 41 heteroatoms. The first-order chi connectivity index (χ1) is 41.4. The van der Waals surface area contributed by atoms with Gasteiger partial charge in [0.05, 0.1) is 52.4 Å². The maximum absolute atomic E-state index is 12.2. The highest BCUT2D eigenvalue weighted by Crippen LogP contribution is 2.39. The molecule has 0 amide bonds. The summed E-state index contributed by atoms with van der Waals surface area (Å²) in [7, 11) is 0. The molecule has 0 radical (unpaired) electrons. The third kappa shape index (κ3) is 15.3. The van der Waals surface area contributed by atoms with E-state index in [1.807, 2.05) is 0 Å². The van der Waals surface area contributed by atoms with Crippen LogP contribution in [-0.2, 0) is 66.4 Å². The minimum Gasteiger partial charge on any atom is -0.477 e. The van der Waals surface area contributed by atoms with E-state index in [2.05, 4.69) is 0 Å². The molecular weight excluding hydrogens is 1220 g/mol. The first kappa shape index (κ1) is 73.3. The minimum absolute atomic E-state index is 0.948. The monoisotopic (exact) mass is 1300 g/mol. The molecule has 7 rings (SSSR count). The van der Waals surface area contributed by atoms with Gasteiger partial charge in [-0.15, -0.1) is 0 Å². The van der Waals surface area contributed by atoms with Crippen LogP contribution in [0.25, 0.3) is 0 Å². The van der Waals surface area contributed by atoms with E-state index < -0.39 is 291 Å². The van der Waals surface area contributed by atoms with Crippen molar-refractivity contribution >= 4 is 5.97 Å². The third-order valence-corrected chi connectivity index (χ3v) is 16.1. The molecule has 0 aromatic heterocycles. The van der Waals surface area contributed by atoms with E-state index in [0.29, 0.717) is 0 Å². The average Bonchev–Trinajstić information content (AvgIpc) is 0.884. The summed E-state index contributed by atoms with van der Waals surface area (Å²) in [6.07, 6.45) is -82.8. The van der Waals surface area contributed by atoms with Crippen molar-refractivity contribution in [3.05, 3.63) is 0 Å². The van der Waals surface area contributed by atoms with Crippen molar-refractivity contribution in [3.8, 4) is 0 Å². The highest BCUT2D eigenvalue weighted by Gasteiger charge is 2.60. The summed E-state index contributed by atoms with van der Waals surface area (Å²) in [5.74, 6) is -5.32. The van der Waals surface area contributed by atoms with Gasteiger partial charge in [-0.3, -0.25) is 0 Å². The molecule has 0 aliphatic carbocycles. The van der Waals surface area contributed by atoms with Crippen LogP contribution < -0.4 is 0 Å². The lowest BCUT2D eigenvalue weighted by Crippen LogP contribution is -2.69. The lowest BCUT2D eigenvalue weighted by atomic mass is 9.91. The molecule has 88 heavy (non-hydrogen) atoms. The number of hydrogen-bond acceptors (Lipinski definition) is 40. The molecule has 0 unspecified atom stereocenters. The van der Waals surface area contributed by atoms with Gasteiger partial charge in [-0.2, -0.15) is 0 Å². The topological polar surface area (TPSA) is 683 Å². The molecular formula is C47H80O41. The first-order valence-electron chi connectivity index (χ1n) is 27.5. The van der Waals surface area contributed by atoms with Crippen LogP contribution in [0.1, 0.15) is 6.42 Å². The van der Waals surface area contributed by atoms with Crippen LogP contribution in [0.4, 0.5) is 0 Å². The molecule has 27 N–H and O–H groups in total. The number of carboxylic acid groups (broad SMARTS) is 1. The summed E-state index contributed by atoms with van der Waals surface area (Å²) in [5, 5.41) is 290. The number of aliphatic carboxylic acids is 1. The van der Waals surface area contributed by atoms with E-state index in [4.69, 9.17) is 61.6 Å². The molecule has 0 saturated carbocycles. The molecule has 7 aliphatic rings. The summed E-state index contributed by atoms with van der Waals surface area (Å²) >= 11 is 0. The lowest BCUT2D eigenvalue weighted by Gasteiger charge is -2.51. The number of aliphatic hydroxyl groups is 26. The molecule has 7 aliphatic heterocycles. The molecule has 7 saturated heterocycles. The van der Waals surface area contributed by atoms with Gasteiger partial charge < -0.3 is 199 Å².